The molecule has 1 fully saturated rings. The van der Waals surface area contributed by atoms with Crippen LogP contribution in [0.25, 0.3) is 11.4 Å². The fourth-order valence-corrected chi connectivity index (χ4v) is 5.18. The highest BCUT2D eigenvalue weighted by molar-refractivity contribution is 6.02. The molecule has 10 nitrogen and oxygen atoms in total. The Hall–Kier alpha value is -5.16. The summed E-state index contributed by atoms with van der Waals surface area (Å²) in [5, 5.41) is 11.6. The molecule has 0 aliphatic heterocycles. The van der Waals surface area contributed by atoms with Gasteiger partial charge in [0.05, 0.1) is 29.9 Å². The number of carbonyl (C=O) groups excluding carboxylic acids is 1. The molecule has 1 aromatic heterocycles. The van der Waals surface area contributed by atoms with Gasteiger partial charge in [0.1, 0.15) is 34.6 Å². The molecule has 1 aliphatic carbocycles. The number of hydrogen-bond acceptors (Lipinski definition) is 7. The first-order valence-electron chi connectivity index (χ1n) is 14.6. The van der Waals surface area contributed by atoms with Gasteiger partial charge in [-0.1, -0.05) is 12.1 Å². The molecule has 3 aromatic carbocycles. The normalized spacial score (nSPS) is 12.9. The van der Waals surface area contributed by atoms with Crippen molar-refractivity contribution < 1.29 is 18.7 Å². The topological polar surface area (TPSA) is 105 Å². The number of anilines is 2. The number of benzene rings is 3. The molecule has 45 heavy (non-hydrogen) atoms. The lowest BCUT2D eigenvalue weighted by Crippen LogP contribution is -2.27. The van der Waals surface area contributed by atoms with Crippen molar-refractivity contribution in [3.8, 4) is 28.6 Å². The average molecular weight is 613 g/mol. The largest absolute Gasteiger partial charge is 0.495 e. The fraction of sp³-hybridized carbons (Fsp3) is 0.265. The molecule has 1 heterocycles. The Labute approximate surface area is 261 Å². The van der Waals surface area contributed by atoms with Gasteiger partial charge < -0.3 is 25.1 Å². The highest BCUT2D eigenvalue weighted by atomic mass is 19.1. The van der Waals surface area contributed by atoms with Crippen LogP contribution in [0.2, 0.25) is 0 Å². The van der Waals surface area contributed by atoms with E-state index in [1.54, 1.807) is 81.7 Å². The van der Waals surface area contributed by atoms with Gasteiger partial charge in [-0.05, 0) is 81.4 Å². The summed E-state index contributed by atoms with van der Waals surface area (Å²) in [4.78, 5) is 30.9. The van der Waals surface area contributed by atoms with E-state index in [1.807, 2.05) is 13.1 Å². The van der Waals surface area contributed by atoms with Crippen LogP contribution in [0.1, 0.15) is 25.5 Å². The second-order valence-corrected chi connectivity index (χ2v) is 10.9. The highest BCUT2D eigenvalue weighted by Gasteiger charge is 2.26. The van der Waals surface area contributed by atoms with Gasteiger partial charge in [0.25, 0.3) is 5.91 Å². The Kier molecular flexibility index (Phi) is 9.19. The summed E-state index contributed by atoms with van der Waals surface area (Å²) in [7, 11) is 6.91. The van der Waals surface area contributed by atoms with Crippen molar-refractivity contribution in [1.82, 2.24) is 14.0 Å². The van der Waals surface area contributed by atoms with E-state index in [0.717, 1.165) is 0 Å². The Morgan fingerprint density at radius 2 is 1.76 bits per heavy atom. The zero-order chi connectivity index (χ0) is 32.2. The number of rotatable bonds is 12. The number of nitrogens with zero attached hydrogens (tertiary/aromatic N) is 4. The molecule has 0 spiro atoms. The number of ether oxygens (including phenoxy) is 2. The van der Waals surface area contributed by atoms with Gasteiger partial charge in [0.15, 0.2) is 0 Å². The zero-order valence-electron chi connectivity index (χ0n) is 26.0. The second kappa shape index (κ2) is 13.2. The smallest absolute Gasteiger partial charge is 0.339 e. The summed E-state index contributed by atoms with van der Waals surface area (Å²) in [5.41, 5.74) is 1.57. The lowest BCUT2D eigenvalue weighted by molar-refractivity contribution is -0.113. The summed E-state index contributed by atoms with van der Waals surface area (Å²) in [6, 6.07) is 18.3. The predicted molar refractivity (Wildman–Crippen MR) is 175 cm³/mol. The van der Waals surface area contributed by atoms with E-state index >= 15 is 0 Å². The quantitative estimate of drug-likeness (QED) is 0.159. The summed E-state index contributed by atoms with van der Waals surface area (Å²) in [6.07, 6.45) is 5.77. The SMILES string of the molecule is CNc1c(C(C)=N)n(-c2ccc(Oc3cccc(F)c3)cc2)c(=O)n1-c1ccc(OC)c(N(C)C(=O)C=CCN(C)C2CC2)c1. The first-order chi connectivity index (χ1) is 21.6. The molecule has 1 aliphatic rings. The van der Waals surface area contributed by atoms with Crippen molar-refractivity contribution in [3.63, 3.8) is 0 Å². The number of likely N-dealkylation sites (N-methyl/N-ethyl adjacent to an activating group) is 2. The van der Waals surface area contributed by atoms with E-state index in [4.69, 9.17) is 14.9 Å². The Bertz CT molecular complexity index is 1810. The van der Waals surface area contributed by atoms with Gasteiger partial charge in [0, 0.05) is 38.8 Å². The molecule has 0 saturated heterocycles. The van der Waals surface area contributed by atoms with Crippen LogP contribution in [-0.2, 0) is 4.79 Å². The van der Waals surface area contributed by atoms with E-state index in [2.05, 4.69) is 10.2 Å². The van der Waals surface area contributed by atoms with E-state index in [-0.39, 0.29) is 11.6 Å². The maximum atomic E-state index is 14.1. The number of aromatic nitrogens is 2. The molecule has 234 valence electrons. The number of amides is 1. The summed E-state index contributed by atoms with van der Waals surface area (Å²) in [5.74, 6) is 1.03. The third-order valence-corrected chi connectivity index (χ3v) is 7.71. The number of methoxy groups -OCH3 is 1. The molecule has 5 rings (SSSR count). The van der Waals surface area contributed by atoms with Crippen LogP contribution in [0, 0.1) is 11.2 Å². The van der Waals surface area contributed by atoms with Gasteiger partial charge in [-0.2, -0.15) is 0 Å². The molecular formula is C34H37FN6O4. The number of carbonyl (C=O) groups is 1. The standard InChI is InChI=1S/C34H37FN6O4/c1-22(36)32-33(37-2)41(34(43)40(32)25-13-16-27(17-14-25)45-28-9-6-8-23(35)20-28)26-15-18-30(44-5)29(21-26)39(4)31(42)10-7-19-38(3)24-11-12-24/h6-10,13-18,20-21,24,36-37H,11-12,19H2,1-5H3. The zero-order valence-corrected chi connectivity index (χ0v) is 26.0. The monoisotopic (exact) mass is 612 g/mol. The van der Waals surface area contributed by atoms with Crippen LogP contribution in [0.5, 0.6) is 17.2 Å². The van der Waals surface area contributed by atoms with Crippen molar-refractivity contribution in [2.24, 2.45) is 0 Å². The van der Waals surface area contributed by atoms with Crippen molar-refractivity contribution in [3.05, 3.63) is 101 Å². The molecule has 2 N–H and O–H groups in total. The molecule has 0 atom stereocenters. The first-order valence-corrected chi connectivity index (χ1v) is 14.6. The van der Waals surface area contributed by atoms with Gasteiger partial charge in [-0.15, -0.1) is 0 Å². The molecule has 11 heteroatoms. The molecule has 0 radical (unpaired) electrons. The van der Waals surface area contributed by atoms with Crippen LogP contribution in [-0.4, -0.2) is 66.5 Å². The molecule has 1 saturated carbocycles. The minimum atomic E-state index is -0.423. The maximum Gasteiger partial charge on any atom is 0.339 e. The minimum Gasteiger partial charge on any atom is -0.495 e. The lowest BCUT2D eigenvalue weighted by atomic mass is 10.2. The van der Waals surface area contributed by atoms with Crippen molar-refractivity contribution in [2.75, 3.05) is 45.0 Å². The predicted octanol–water partition coefficient (Wildman–Crippen LogP) is 5.61. The highest BCUT2D eigenvalue weighted by Crippen LogP contribution is 2.33. The lowest BCUT2D eigenvalue weighted by Gasteiger charge is -2.20. The third-order valence-electron chi connectivity index (χ3n) is 7.71. The van der Waals surface area contributed by atoms with E-state index in [1.165, 1.54) is 46.1 Å². The Balaban J connectivity index is 1.51. The minimum absolute atomic E-state index is 0.164. The number of halogens is 1. The average Bonchev–Trinajstić information content (AvgIpc) is 3.84. The maximum absolute atomic E-state index is 14.1. The van der Waals surface area contributed by atoms with E-state index in [9.17, 15) is 14.0 Å². The molecule has 0 unspecified atom stereocenters. The first kappa shape index (κ1) is 31.3. The Morgan fingerprint density at radius 3 is 2.38 bits per heavy atom. The van der Waals surface area contributed by atoms with E-state index in [0.29, 0.717) is 58.4 Å². The van der Waals surface area contributed by atoms with Crippen molar-refractivity contribution >= 4 is 23.1 Å². The summed E-state index contributed by atoms with van der Waals surface area (Å²) < 4.78 is 27.9. The number of imidazole rings is 1. The Morgan fingerprint density at radius 1 is 1.04 bits per heavy atom. The van der Waals surface area contributed by atoms with Crippen LogP contribution in [0.3, 0.4) is 0 Å². The summed E-state index contributed by atoms with van der Waals surface area (Å²) in [6.45, 7) is 2.29. The second-order valence-electron chi connectivity index (χ2n) is 10.9. The van der Waals surface area contributed by atoms with Gasteiger partial charge in [-0.3, -0.25) is 14.3 Å². The van der Waals surface area contributed by atoms with Crippen LogP contribution >= 0.6 is 0 Å². The van der Waals surface area contributed by atoms with Crippen LogP contribution < -0.4 is 25.4 Å². The summed E-state index contributed by atoms with van der Waals surface area (Å²) >= 11 is 0. The number of hydrogen-bond donors (Lipinski definition) is 2. The van der Waals surface area contributed by atoms with Crippen molar-refractivity contribution in [2.45, 2.75) is 25.8 Å². The van der Waals surface area contributed by atoms with Gasteiger partial charge >= 0.3 is 5.69 Å². The molecule has 0 bridgehead atoms. The van der Waals surface area contributed by atoms with Crippen molar-refractivity contribution in [1.29, 1.82) is 5.41 Å². The van der Waals surface area contributed by atoms with E-state index < -0.39 is 11.5 Å². The number of nitrogens with one attached hydrogen (secondary N) is 2. The molecular weight excluding hydrogens is 575 g/mol. The molecule has 1 amide bonds. The third kappa shape index (κ3) is 6.68. The molecule has 4 aromatic rings. The van der Waals surface area contributed by atoms with Gasteiger partial charge in [-0.25, -0.2) is 13.8 Å². The van der Waals surface area contributed by atoms with Crippen LogP contribution in [0.15, 0.2) is 83.7 Å². The van der Waals surface area contributed by atoms with Crippen LogP contribution in [0.4, 0.5) is 15.9 Å². The fourth-order valence-electron chi connectivity index (χ4n) is 5.18. The van der Waals surface area contributed by atoms with Gasteiger partial charge in [0.2, 0.25) is 0 Å².